The lowest BCUT2D eigenvalue weighted by atomic mass is 9.85. The number of carbonyl (C=O) groups excluding carboxylic acids is 3. The molecule has 9 heteroatoms. The average Bonchev–Trinajstić information content (AvgIpc) is 3.11. The van der Waals surface area contributed by atoms with Crippen molar-refractivity contribution >= 4 is 23.5 Å². The third-order valence-electron chi connectivity index (χ3n) is 7.00. The fourth-order valence-corrected chi connectivity index (χ4v) is 5.24. The number of rotatable bonds is 4. The number of nitrogen functional groups attached to an aromatic ring is 1. The van der Waals surface area contributed by atoms with Crippen molar-refractivity contribution in [2.24, 2.45) is 0 Å². The van der Waals surface area contributed by atoms with Gasteiger partial charge in [-0.25, -0.2) is 9.37 Å². The topological polar surface area (TPSA) is 109 Å². The molecule has 3 aliphatic heterocycles. The highest BCUT2D eigenvalue weighted by molar-refractivity contribution is 6.05. The number of carbonyl (C=O) groups is 3. The van der Waals surface area contributed by atoms with E-state index < -0.39 is 17.8 Å². The molecule has 3 N–H and O–H groups in total. The molecule has 3 amide bonds. The first-order chi connectivity index (χ1) is 15.9. The fraction of sp³-hybridized carbons (Fsp3) is 0.417. The van der Waals surface area contributed by atoms with Crippen molar-refractivity contribution in [2.45, 2.75) is 50.7 Å². The normalized spacial score (nSPS) is 21.9. The Hall–Kier alpha value is -3.33. The Morgan fingerprint density at radius 1 is 1.15 bits per heavy atom. The quantitative estimate of drug-likeness (QED) is 0.688. The minimum absolute atomic E-state index is 0.131. The summed E-state index contributed by atoms with van der Waals surface area (Å²) in [6, 6.07) is 5.96. The number of imide groups is 1. The lowest BCUT2D eigenvalue weighted by molar-refractivity contribution is -0.136. The van der Waals surface area contributed by atoms with Gasteiger partial charge in [0, 0.05) is 36.8 Å². The molecule has 0 aliphatic carbocycles. The van der Waals surface area contributed by atoms with Crippen molar-refractivity contribution in [3.05, 3.63) is 58.5 Å². The molecule has 2 aromatic rings. The van der Waals surface area contributed by atoms with Crippen molar-refractivity contribution in [3.63, 3.8) is 0 Å². The molecule has 8 nitrogen and oxygen atoms in total. The van der Waals surface area contributed by atoms with Crippen molar-refractivity contribution < 1.29 is 18.8 Å². The molecule has 4 heterocycles. The summed E-state index contributed by atoms with van der Waals surface area (Å²) in [5, 5.41) is 2.31. The second kappa shape index (κ2) is 8.55. The van der Waals surface area contributed by atoms with E-state index in [0.717, 1.165) is 49.2 Å². The number of nitrogens with zero attached hydrogens (tertiary/aromatic N) is 3. The minimum Gasteiger partial charge on any atom is -0.383 e. The van der Waals surface area contributed by atoms with Gasteiger partial charge in [0.05, 0.1) is 0 Å². The molecule has 1 unspecified atom stereocenters. The summed E-state index contributed by atoms with van der Waals surface area (Å²) >= 11 is 0. The van der Waals surface area contributed by atoms with Crippen molar-refractivity contribution in [2.75, 3.05) is 18.8 Å². The molecule has 3 aliphatic rings. The smallest absolute Gasteiger partial charge is 0.255 e. The van der Waals surface area contributed by atoms with Gasteiger partial charge in [0.2, 0.25) is 11.8 Å². The maximum absolute atomic E-state index is 14.5. The van der Waals surface area contributed by atoms with Gasteiger partial charge in [0.1, 0.15) is 17.7 Å². The van der Waals surface area contributed by atoms with Gasteiger partial charge in [0.25, 0.3) is 5.91 Å². The first-order valence-electron chi connectivity index (χ1n) is 11.3. The van der Waals surface area contributed by atoms with Gasteiger partial charge in [0.15, 0.2) is 0 Å². The van der Waals surface area contributed by atoms with Gasteiger partial charge >= 0.3 is 0 Å². The van der Waals surface area contributed by atoms with Gasteiger partial charge in [-0.3, -0.25) is 24.6 Å². The highest BCUT2D eigenvalue weighted by atomic mass is 19.1. The van der Waals surface area contributed by atoms with Crippen LogP contribution < -0.4 is 11.1 Å². The number of fused-ring (bicyclic) bond motifs is 1. The van der Waals surface area contributed by atoms with Crippen LogP contribution in [0.25, 0.3) is 0 Å². The maximum Gasteiger partial charge on any atom is 0.255 e. The van der Waals surface area contributed by atoms with Crippen molar-refractivity contribution in [1.29, 1.82) is 0 Å². The standard InChI is InChI=1S/C24H26FN5O3/c25-16-10-17(14-5-8-29(9-6-14)12-15-2-1-7-27-22(15)26)19-13-30(24(33)18(19)11-16)20-3-4-21(31)28-23(20)32/h1-2,7,10-11,14,20H,3-6,8-9,12-13H2,(H2,26,27)(H,28,31,32). The second-order valence-corrected chi connectivity index (χ2v) is 9.02. The number of aromatic nitrogens is 1. The molecule has 172 valence electrons. The summed E-state index contributed by atoms with van der Waals surface area (Å²) < 4.78 is 14.5. The van der Waals surface area contributed by atoms with E-state index >= 15 is 0 Å². The molecule has 33 heavy (non-hydrogen) atoms. The number of nitrogens with one attached hydrogen (secondary N) is 1. The Kier molecular flexibility index (Phi) is 5.57. The Labute approximate surface area is 190 Å². The van der Waals surface area contributed by atoms with E-state index in [-0.39, 0.29) is 37.1 Å². The van der Waals surface area contributed by atoms with Crippen molar-refractivity contribution in [3.8, 4) is 0 Å². The van der Waals surface area contributed by atoms with Gasteiger partial charge in [-0.15, -0.1) is 0 Å². The van der Waals surface area contributed by atoms with Crippen molar-refractivity contribution in [1.82, 2.24) is 20.1 Å². The Morgan fingerprint density at radius 2 is 1.94 bits per heavy atom. The molecule has 1 atom stereocenters. The Bertz CT molecular complexity index is 1130. The lowest BCUT2D eigenvalue weighted by Gasteiger charge is -2.33. The van der Waals surface area contributed by atoms with Crippen LogP contribution in [0.15, 0.2) is 30.5 Å². The molecule has 2 saturated heterocycles. The Balaban J connectivity index is 1.32. The largest absolute Gasteiger partial charge is 0.383 e. The fourth-order valence-electron chi connectivity index (χ4n) is 5.24. The summed E-state index contributed by atoms with van der Waals surface area (Å²) in [5.41, 5.74) is 8.96. The van der Waals surface area contributed by atoms with E-state index in [2.05, 4.69) is 15.2 Å². The minimum atomic E-state index is -0.703. The van der Waals surface area contributed by atoms with E-state index in [1.54, 1.807) is 12.3 Å². The first-order valence-corrected chi connectivity index (χ1v) is 11.3. The molecule has 5 rings (SSSR count). The van der Waals surface area contributed by atoms with E-state index in [9.17, 15) is 18.8 Å². The molecular formula is C24H26FN5O3. The number of likely N-dealkylation sites (tertiary alicyclic amines) is 1. The van der Waals surface area contributed by atoms with Crippen LogP contribution in [0.1, 0.15) is 58.6 Å². The number of hydrogen-bond acceptors (Lipinski definition) is 6. The van der Waals surface area contributed by atoms with E-state index in [1.807, 2.05) is 12.1 Å². The van der Waals surface area contributed by atoms with Crippen LogP contribution in [-0.4, -0.2) is 51.6 Å². The monoisotopic (exact) mass is 451 g/mol. The predicted octanol–water partition coefficient (Wildman–Crippen LogP) is 1.94. The molecule has 0 spiro atoms. The van der Waals surface area contributed by atoms with Gasteiger partial charge in [-0.05, 0) is 67.6 Å². The van der Waals surface area contributed by atoms with E-state index in [0.29, 0.717) is 11.4 Å². The molecule has 0 bridgehead atoms. The summed E-state index contributed by atoms with van der Waals surface area (Å²) in [5.74, 6) is -0.900. The second-order valence-electron chi connectivity index (χ2n) is 9.02. The van der Waals surface area contributed by atoms with E-state index in [1.165, 1.54) is 11.0 Å². The molecule has 1 aromatic heterocycles. The zero-order chi connectivity index (χ0) is 23.1. The van der Waals surface area contributed by atoms with Gasteiger partial charge in [-0.1, -0.05) is 6.07 Å². The number of amides is 3. The number of benzene rings is 1. The third kappa shape index (κ3) is 4.08. The van der Waals surface area contributed by atoms with Crippen LogP contribution in [0.3, 0.4) is 0 Å². The number of nitrogens with two attached hydrogens (primary N) is 1. The molecule has 0 saturated carbocycles. The summed E-state index contributed by atoms with van der Waals surface area (Å²) in [7, 11) is 0. The maximum atomic E-state index is 14.5. The van der Waals surface area contributed by atoms with Crippen LogP contribution in [0.5, 0.6) is 0 Å². The van der Waals surface area contributed by atoms with Crippen LogP contribution in [-0.2, 0) is 22.7 Å². The molecule has 1 aromatic carbocycles. The lowest BCUT2D eigenvalue weighted by Crippen LogP contribution is -2.52. The zero-order valence-electron chi connectivity index (χ0n) is 18.2. The third-order valence-corrected chi connectivity index (χ3v) is 7.00. The number of pyridine rings is 1. The Morgan fingerprint density at radius 3 is 2.67 bits per heavy atom. The molecular weight excluding hydrogens is 425 g/mol. The average molecular weight is 452 g/mol. The summed E-state index contributed by atoms with van der Waals surface area (Å²) in [6.45, 7) is 2.64. The predicted molar refractivity (Wildman–Crippen MR) is 118 cm³/mol. The highest BCUT2D eigenvalue weighted by Gasteiger charge is 2.41. The van der Waals surface area contributed by atoms with Crippen LogP contribution in [0, 0.1) is 5.82 Å². The van der Waals surface area contributed by atoms with Crippen LogP contribution >= 0.6 is 0 Å². The molecule has 2 fully saturated rings. The van der Waals surface area contributed by atoms with Crippen LogP contribution in [0.2, 0.25) is 0 Å². The number of halogens is 1. The molecule has 0 radical (unpaired) electrons. The van der Waals surface area contributed by atoms with Crippen LogP contribution in [0.4, 0.5) is 10.2 Å². The number of anilines is 1. The number of piperidine rings is 2. The van der Waals surface area contributed by atoms with Gasteiger partial charge in [-0.2, -0.15) is 0 Å². The SMILES string of the molecule is Nc1ncccc1CN1CCC(c2cc(F)cc3c2CN(C2CCC(=O)NC2=O)C3=O)CC1. The highest BCUT2D eigenvalue weighted by Crippen LogP contribution is 2.38. The first kappa shape index (κ1) is 21.5. The summed E-state index contributed by atoms with van der Waals surface area (Å²) in [4.78, 5) is 44.8. The number of hydrogen-bond donors (Lipinski definition) is 2. The van der Waals surface area contributed by atoms with E-state index in [4.69, 9.17) is 5.73 Å². The summed E-state index contributed by atoms with van der Waals surface area (Å²) in [6.07, 6.45) is 3.83. The van der Waals surface area contributed by atoms with Gasteiger partial charge < -0.3 is 10.6 Å². The zero-order valence-corrected chi connectivity index (χ0v) is 18.2.